The van der Waals surface area contributed by atoms with E-state index in [0.717, 1.165) is 16.6 Å². The quantitative estimate of drug-likeness (QED) is 0.791. The molecule has 0 saturated heterocycles. The SMILES string of the molecule is O=C(O)N1CCc2cc(Br)sc2CC1. The molecule has 1 aromatic rings. The second-order valence-electron chi connectivity index (χ2n) is 3.27. The van der Waals surface area contributed by atoms with Crippen LogP contribution in [0.2, 0.25) is 0 Å². The topological polar surface area (TPSA) is 40.5 Å². The van der Waals surface area contributed by atoms with E-state index in [2.05, 4.69) is 22.0 Å². The van der Waals surface area contributed by atoms with E-state index >= 15 is 0 Å². The maximum absolute atomic E-state index is 10.8. The molecule has 1 aromatic heterocycles. The minimum absolute atomic E-state index is 0.617. The predicted octanol–water partition coefficient (Wildman–Crippen LogP) is 2.59. The highest BCUT2D eigenvalue weighted by Crippen LogP contribution is 2.29. The second-order valence-corrected chi connectivity index (χ2v) is 5.78. The highest BCUT2D eigenvalue weighted by molar-refractivity contribution is 9.11. The standard InChI is InChI=1S/C9H10BrNO2S/c10-8-5-6-1-3-11(9(12)13)4-2-7(6)14-8/h5H,1-4H2,(H,12,13). The zero-order chi connectivity index (χ0) is 10.1. The molecule has 2 rings (SSSR count). The number of thiophene rings is 1. The molecule has 0 bridgehead atoms. The Bertz CT molecular complexity index is 338. The minimum atomic E-state index is -0.806. The number of hydrogen-bond acceptors (Lipinski definition) is 2. The molecule has 5 heteroatoms. The minimum Gasteiger partial charge on any atom is -0.465 e. The van der Waals surface area contributed by atoms with E-state index in [9.17, 15) is 4.79 Å². The number of amides is 1. The Balaban J connectivity index is 2.15. The van der Waals surface area contributed by atoms with Gasteiger partial charge in [0.2, 0.25) is 0 Å². The van der Waals surface area contributed by atoms with Gasteiger partial charge in [-0.1, -0.05) is 0 Å². The lowest BCUT2D eigenvalue weighted by Gasteiger charge is -2.15. The van der Waals surface area contributed by atoms with Crippen LogP contribution >= 0.6 is 27.3 Å². The first-order chi connectivity index (χ1) is 6.66. The Morgan fingerprint density at radius 1 is 1.50 bits per heavy atom. The third kappa shape index (κ3) is 1.93. The highest BCUT2D eigenvalue weighted by atomic mass is 79.9. The highest BCUT2D eigenvalue weighted by Gasteiger charge is 2.18. The lowest BCUT2D eigenvalue weighted by molar-refractivity contribution is 0.147. The van der Waals surface area contributed by atoms with Gasteiger partial charge < -0.3 is 10.0 Å². The molecule has 1 aliphatic rings. The van der Waals surface area contributed by atoms with Crippen LogP contribution < -0.4 is 0 Å². The zero-order valence-corrected chi connectivity index (χ0v) is 9.90. The summed E-state index contributed by atoms with van der Waals surface area (Å²) in [5, 5.41) is 8.85. The Morgan fingerprint density at radius 3 is 2.93 bits per heavy atom. The number of fused-ring (bicyclic) bond motifs is 1. The smallest absolute Gasteiger partial charge is 0.407 e. The first-order valence-corrected chi connectivity index (χ1v) is 6.02. The van der Waals surface area contributed by atoms with E-state index in [1.807, 2.05) is 0 Å². The van der Waals surface area contributed by atoms with Gasteiger partial charge in [-0.15, -0.1) is 11.3 Å². The summed E-state index contributed by atoms with van der Waals surface area (Å²) < 4.78 is 1.14. The van der Waals surface area contributed by atoms with Crippen LogP contribution in [0.15, 0.2) is 9.85 Å². The van der Waals surface area contributed by atoms with Crippen LogP contribution in [0.1, 0.15) is 10.4 Å². The van der Waals surface area contributed by atoms with E-state index in [1.54, 1.807) is 11.3 Å². The van der Waals surface area contributed by atoms with Crippen molar-refractivity contribution in [2.75, 3.05) is 13.1 Å². The van der Waals surface area contributed by atoms with Crippen molar-refractivity contribution in [1.82, 2.24) is 4.90 Å². The van der Waals surface area contributed by atoms with Crippen molar-refractivity contribution in [3.63, 3.8) is 0 Å². The van der Waals surface area contributed by atoms with Crippen LogP contribution in [-0.4, -0.2) is 29.2 Å². The number of hydrogen-bond donors (Lipinski definition) is 1. The van der Waals surface area contributed by atoms with Crippen molar-refractivity contribution in [2.24, 2.45) is 0 Å². The van der Waals surface area contributed by atoms with Gasteiger partial charge in [-0.2, -0.15) is 0 Å². The van der Waals surface area contributed by atoms with Crippen LogP contribution in [-0.2, 0) is 12.8 Å². The van der Waals surface area contributed by atoms with Crippen LogP contribution in [0.5, 0.6) is 0 Å². The maximum Gasteiger partial charge on any atom is 0.407 e. The fourth-order valence-electron chi connectivity index (χ4n) is 1.65. The molecule has 0 atom stereocenters. The van der Waals surface area contributed by atoms with Crippen LogP contribution in [0.3, 0.4) is 0 Å². The molecule has 76 valence electrons. The average molecular weight is 276 g/mol. The summed E-state index contributed by atoms with van der Waals surface area (Å²) in [4.78, 5) is 13.6. The first-order valence-electron chi connectivity index (χ1n) is 4.42. The van der Waals surface area contributed by atoms with Crippen LogP contribution in [0.25, 0.3) is 0 Å². The summed E-state index contributed by atoms with van der Waals surface area (Å²) >= 11 is 5.16. The molecule has 0 radical (unpaired) electrons. The molecule has 3 nitrogen and oxygen atoms in total. The summed E-state index contributed by atoms with van der Waals surface area (Å²) in [6, 6.07) is 2.10. The fourth-order valence-corrected chi connectivity index (χ4v) is 3.43. The van der Waals surface area contributed by atoms with Gasteiger partial charge in [-0.3, -0.25) is 0 Å². The third-order valence-electron chi connectivity index (χ3n) is 2.40. The van der Waals surface area contributed by atoms with Crippen molar-refractivity contribution in [1.29, 1.82) is 0 Å². The van der Waals surface area contributed by atoms with Crippen molar-refractivity contribution < 1.29 is 9.90 Å². The molecular formula is C9H10BrNO2S. The zero-order valence-electron chi connectivity index (χ0n) is 7.49. The number of nitrogens with zero attached hydrogens (tertiary/aromatic N) is 1. The molecule has 0 saturated carbocycles. The van der Waals surface area contributed by atoms with Gasteiger partial charge in [0.05, 0.1) is 3.79 Å². The van der Waals surface area contributed by atoms with Crippen LogP contribution in [0, 0.1) is 0 Å². The molecule has 0 unspecified atom stereocenters. The Labute approximate surface area is 94.5 Å². The van der Waals surface area contributed by atoms with Crippen LogP contribution in [0.4, 0.5) is 4.79 Å². The molecule has 2 heterocycles. The summed E-state index contributed by atoms with van der Waals surface area (Å²) in [6.45, 7) is 1.24. The van der Waals surface area contributed by atoms with Gasteiger partial charge in [-0.05, 0) is 40.4 Å². The lowest BCUT2D eigenvalue weighted by atomic mass is 10.2. The summed E-state index contributed by atoms with van der Waals surface area (Å²) in [6.07, 6.45) is 0.876. The largest absolute Gasteiger partial charge is 0.465 e. The van der Waals surface area contributed by atoms with Crippen molar-refractivity contribution >= 4 is 33.4 Å². The number of rotatable bonds is 0. The van der Waals surface area contributed by atoms with Gasteiger partial charge in [0.25, 0.3) is 0 Å². The third-order valence-corrected chi connectivity index (χ3v) is 4.14. The molecule has 1 N–H and O–H groups in total. The van der Waals surface area contributed by atoms with Gasteiger partial charge in [0.1, 0.15) is 0 Å². The Morgan fingerprint density at radius 2 is 2.21 bits per heavy atom. The lowest BCUT2D eigenvalue weighted by Crippen LogP contribution is -2.31. The van der Waals surface area contributed by atoms with Gasteiger partial charge in [-0.25, -0.2) is 4.79 Å². The summed E-state index contributed by atoms with van der Waals surface area (Å²) in [5.41, 5.74) is 1.30. The monoisotopic (exact) mass is 275 g/mol. The van der Waals surface area contributed by atoms with Crippen molar-refractivity contribution in [3.8, 4) is 0 Å². The number of halogens is 1. The Hall–Kier alpha value is -0.550. The second kappa shape index (κ2) is 3.90. The number of carboxylic acid groups (broad SMARTS) is 1. The van der Waals surface area contributed by atoms with E-state index in [-0.39, 0.29) is 0 Å². The van der Waals surface area contributed by atoms with Gasteiger partial charge >= 0.3 is 6.09 Å². The van der Waals surface area contributed by atoms with Gasteiger partial charge in [0.15, 0.2) is 0 Å². The molecule has 14 heavy (non-hydrogen) atoms. The number of carbonyl (C=O) groups is 1. The van der Waals surface area contributed by atoms with E-state index in [4.69, 9.17) is 5.11 Å². The first kappa shape index (κ1) is 9.98. The van der Waals surface area contributed by atoms with Gasteiger partial charge in [0, 0.05) is 18.0 Å². The van der Waals surface area contributed by atoms with Crippen molar-refractivity contribution in [3.05, 3.63) is 20.3 Å². The van der Waals surface area contributed by atoms with E-state index in [1.165, 1.54) is 15.3 Å². The molecular weight excluding hydrogens is 266 g/mol. The molecule has 0 aromatic carbocycles. The molecule has 1 amide bonds. The molecule has 0 fully saturated rings. The summed E-state index contributed by atoms with van der Waals surface area (Å²) in [7, 11) is 0. The van der Waals surface area contributed by atoms with E-state index in [0.29, 0.717) is 13.1 Å². The predicted molar refractivity (Wildman–Crippen MR) is 59.0 cm³/mol. The normalized spacial score (nSPS) is 16.2. The molecule has 0 aliphatic carbocycles. The fraction of sp³-hybridized carbons (Fsp3) is 0.444. The Kier molecular flexibility index (Phi) is 2.78. The molecule has 0 spiro atoms. The van der Waals surface area contributed by atoms with Crippen molar-refractivity contribution in [2.45, 2.75) is 12.8 Å². The maximum atomic E-state index is 10.8. The molecule has 1 aliphatic heterocycles. The summed E-state index contributed by atoms with van der Waals surface area (Å²) in [5.74, 6) is 0. The van der Waals surface area contributed by atoms with E-state index < -0.39 is 6.09 Å². The average Bonchev–Trinajstić information content (AvgIpc) is 2.34.